The predicted molar refractivity (Wildman–Crippen MR) is 91.1 cm³/mol. The molecule has 0 radical (unpaired) electrons. The molecular formula is C16H12Cl2N2O4. The zero-order valence-corrected chi connectivity index (χ0v) is 13.7. The summed E-state index contributed by atoms with van der Waals surface area (Å²) in [4.78, 5) is 22.4. The summed E-state index contributed by atoms with van der Waals surface area (Å²) in [7, 11) is 0. The second-order valence-electron chi connectivity index (χ2n) is 4.58. The zero-order chi connectivity index (χ0) is 17.5. The largest absolute Gasteiger partial charge is 0.482 e. The van der Waals surface area contributed by atoms with Crippen LogP contribution in [-0.2, 0) is 4.79 Å². The van der Waals surface area contributed by atoms with E-state index < -0.39 is 11.9 Å². The van der Waals surface area contributed by atoms with Crippen molar-refractivity contribution in [2.75, 3.05) is 6.61 Å². The van der Waals surface area contributed by atoms with Crippen LogP contribution in [0.25, 0.3) is 0 Å². The van der Waals surface area contributed by atoms with Gasteiger partial charge >= 0.3 is 5.97 Å². The van der Waals surface area contributed by atoms with Crippen LogP contribution in [0, 0.1) is 0 Å². The van der Waals surface area contributed by atoms with Crippen LogP contribution in [-0.4, -0.2) is 29.8 Å². The van der Waals surface area contributed by atoms with Crippen LogP contribution in [0.5, 0.6) is 5.75 Å². The van der Waals surface area contributed by atoms with E-state index in [9.17, 15) is 9.59 Å². The van der Waals surface area contributed by atoms with Gasteiger partial charge in [0.05, 0.1) is 16.8 Å². The molecule has 0 aliphatic carbocycles. The topological polar surface area (TPSA) is 88.0 Å². The Morgan fingerprint density at radius 3 is 2.54 bits per heavy atom. The first kappa shape index (κ1) is 17.8. The number of hydrogen-bond donors (Lipinski definition) is 2. The van der Waals surface area contributed by atoms with E-state index in [1.165, 1.54) is 24.4 Å². The average molecular weight is 367 g/mol. The minimum atomic E-state index is -1.01. The zero-order valence-electron chi connectivity index (χ0n) is 12.2. The Hall–Kier alpha value is -2.57. The predicted octanol–water partition coefficient (Wildman–Crippen LogP) is 3.22. The number of ether oxygens (including phenoxy) is 1. The molecule has 0 heterocycles. The molecule has 2 rings (SSSR count). The Balaban J connectivity index is 1.84. The third-order valence-electron chi connectivity index (χ3n) is 2.81. The van der Waals surface area contributed by atoms with Gasteiger partial charge in [-0.1, -0.05) is 35.3 Å². The summed E-state index contributed by atoms with van der Waals surface area (Å²) in [6.45, 7) is -0.282. The van der Waals surface area contributed by atoms with Crippen molar-refractivity contribution in [3.05, 3.63) is 63.6 Å². The summed E-state index contributed by atoms with van der Waals surface area (Å²) >= 11 is 11.7. The summed E-state index contributed by atoms with van der Waals surface area (Å²) in [5.41, 5.74) is 3.09. The van der Waals surface area contributed by atoms with Gasteiger partial charge in [0.1, 0.15) is 5.75 Å². The van der Waals surface area contributed by atoms with Crippen LogP contribution in [0.2, 0.25) is 10.0 Å². The maximum atomic E-state index is 11.6. The van der Waals surface area contributed by atoms with Crippen molar-refractivity contribution in [2.45, 2.75) is 0 Å². The normalized spacial score (nSPS) is 10.6. The molecule has 0 saturated heterocycles. The standard InChI is InChI=1S/C16H12Cl2N2O4/c17-12-5-6-13(18)14(7-12)24-9-15(21)20-19-8-10-1-3-11(4-2-10)16(22)23/h1-8H,9H2,(H,20,21)(H,22,23)/b19-8+. The van der Waals surface area contributed by atoms with E-state index in [2.05, 4.69) is 10.5 Å². The summed E-state index contributed by atoms with van der Waals surface area (Å²) in [5, 5.41) is 13.3. The van der Waals surface area contributed by atoms with E-state index in [-0.39, 0.29) is 12.2 Å². The molecule has 8 heteroatoms. The van der Waals surface area contributed by atoms with Gasteiger partial charge in [0.15, 0.2) is 6.61 Å². The second kappa shape index (κ2) is 8.33. The molecule has 2 N–H and O–H groups in total. The molecule has 0 aliphatic heterocycles. The van der Waals surface area contributed by atoms with Crippen LogP contribution in [0.3, 0.4) is 0 Å². The molecule has 0 atom stereocenters. The van der Waals surface area contributed by atoms with Gasteiger partial charge in [0, 0.05) is 11.1 Å². The lowest BCUT2D eigenvalue weighted by molar-refractivity contribution is -0.123. The summed E-state index contributed by atoms with van der Waals surface area (Å²) in [5.74, 6) is -1.19. The fraction of sp³-hybridized carbons (Fsp3) is 0.0625. The molecule has 0 fully saturated rings. The maximum absolute atomic E-state index is 11.6. The molecule has 0 bridgehead atoms. The number of halogens is 2. The average Bonchev–Trinajstić information content (AvgIpc) is 2.56. The van der Waals surface area contributed by atoms with Crippen molar-refractivity contribution in [1.29, 1.82) is 0 Å². The highest BCUT2D eigenvalue weighted by Crippen LogP contribution is 2.27. The number of carboxylic acids is 1. The van der Waals surface area contributed by atoms with Gasteiger partial charge in [0.2, 0.25) is 0 Å². The van der Waals surface area contributed by atoms with Crippen LogP contribution in [0.1, 0.15) is 15.9 Å². The van der Waals surface area contributed by atoms with E-state index >= 15 is 0 Å². The minimum absolute atomic E-state index is 0.169. The molecule has 124 valence electrons. The molecule has 2 aromatic carbocycles. The van der Waals surface area contributed by atoms with Crippen molar-refractivity contribution in [3.8, 4) is 5.75 Å². The quantitative estimate of drug-likeness (QED) is 0.606. The highest BCUT2D eigenvalue weighted by atomic mass is 35.5. The number of carbonyl (C=O) groups excluding carboxylic acids is 1. The summed E-state index contributed by atoms with van der Waals surface area (Å²) in [6, 6.07) is 10.7. The van der Waals surface area contributed by atoms with Crippen LogP contribution < -0.4 is 10.2 Å². The van der Waals surface area contributed by atoms with Crippen molar-refractivity contribution in [2.24, 2.45) is 5.10 Å². The van der Waals surface area contributed by atoms with E-state index in [1.807, 2.05) is 0 Å². The van der Waals surface area contributed by atoms with Crippen LogP contribution in [0.15, 0.2) is 47.6 Å². The number of amides is 1. The molecule has 0 aromatic heterocycles. The number of carbonyl (C=O) groups is 2. The summed E-state index contributed by atoms with van der Waals surface area (Å²) in [6.07, 6.45) is 1.38. The Morgan fingerprint density at radius 2 is 1.88 bits per heavy atom. The Morgan fingerprint density at radius 1 is 1.17 bits per heavy atom. The number of rotatable bonds is 6. The number of hydrogen-bond acceptors (Lipinski definition) is 4. The van der Waals surface area contributed by atoms with Gasteiger partial charge in [-0.3, -0.25) is 4.79 Å². The molecule has 2 aromatic rings. The van der Waals surface area contributed by atoms with Crippen molar-refractivity contribution < 1.29 is 19.4 Å². The van der Waals surface area contributed by atoms with Gasteiger partial charge in [-0.15, -0.1) is 0 Å². The van der Waals surface area contributed by atoms with Crippen molar-refractivity contribution in [1.82, 2.24) is 5.43 Å². The number of carboxylic acid groups (broad SMARTS) is 1. The Labute approximate surface area is 147 Å². The molecule has 0 spiro atoms. The fourth-order valence-electron chi connectivity index (χ4n) is 1.65. The first-order valence-electron chi connectivity index (χ1n) is 6.69. The summed E-state index contributed by atoms with van der Waals surface area (Å²) < 4.78 is 5.26. The number of benzene rings is 2. The monoisotopic (exact) mass is 366 g/mol. The lowest BCUT2D eigenvalue weighted by Crippen LogP contribution is -2.24. The van der Waals surface area contributed by atoms with Crippen molar-refractivity contribution in [3.63, 3.8) is 0 Å². The molecule has 24 heavy (non-hydrogen) atoms. The molecule has 0 unspecified atom stereocenters. The fourth-order valence-corrected chi connectivity index (χ4v) is 1.99. The van der Waals surface area contributed by atoms with Crippen molar-refractivity contribution >= 4 is 41.3 Å². The molecule has 0 aliphatic rings. The maximum Gasteiger partial charge on any atom is 0.335 e. The number of hydrazone groups is 1. The van der Waals surface area contributed by atoms with Gasteiger partial charge < -0.3 is 9.84 Å². The van der Waals surface area contributed by atoms with E-state index in [0.29, 0.717) is 21.4 Å². The lowest BCUT2D eigenvalue weighted by Gasteiger charge is -2.07. The molecule has 6 nitrogen and oxygen atoms in total. The molecule has 0 saturated carbocycles. The van der Waals surface area contributed by atoms with Crippen LogP contribution in [0.4, 0.5) is 0 Å². The van der Waals surface area contributed by atoms with Gasteiger partial charge in [-0.05, 0) is 29.8 Å². The Kier molecular flexibility index (Phi) is 6.17. The first-order chi connectivity index (χ1) is 11.5. The highest BCUT2D eigenvalue weighted by Gasteiger charge is 2.06. The highest BCUT2D eigenvalue weighted by molar-refractivity contribution is 6.34. The number of aromatic carboxylic acids is 1. The third-order valence-corrected chi connectivity index (χ3v) is 3.36. The number of nitrogens with one attached hydrogen (secondary N) is 1. The second-order valence-corrected chi connectivity index (χ2v) is 5.43. The lowest BCUT2D eigenvalue weighted by atomic mass is 10.1. The molecule has 1 amide bonds. The first-order valence-corrected chi connectivity index (χ1v) is 7.44. The number of nitrogens with zero attached hydrogens (tertiary/aromatic N) is 1. The minimum Gasteiger partial charge on any atom is -0.482 e. The SMILES string of the molecule is O=C(COc1cc(Cl)ccc1Cl)N/N=C/c1ccc(C(=O)O)cc1. The van der Waals surface area contributed by atoms with E-state index in [4.69, 9.17) is 33.0 Å². The van der Waals surface area contributed by atoms with Gasteiger partial charge in [0.25, 0.3) is 5.91 Å². The smallest absolute Gasteiger partial charge is 0.335 e. The molecular weight excluding hydrogens is 355 g/mol. The van der Waals surface area contributed by atoms with Gasteiger partial charge in [-0.25, -0.2) is 10.2 Å². The Bertz CT molecular complexity index is 776. The van der Waals surface area contributed by atoms with Crippen LogP contribution >= 0.6 is 23.2 Å². The van der Waals surface area contributed by atoms with E-state index in [0.717, 1.165) is 0 Å². The third kappa shape index (κ3) is 5.26. The van der Waals surface area contributed by atoms with Gasteiger partial charge in [-0.2, -0.15) is 5.10 Å². The van der Waals surface area contributed by atoms with E-state index in [1.54, 1.807) is 24.3 Å².